The Balaban J connectivity index is 2.74. The van der Waals surface area contributed by atoms with Crippen molar-refractivity contribution in [1.82, 2.24) is 0 Å². The normalized spacial score (nSPS) is 23.4. The Morgan fingerprint density at radius 1 is 0.905 bits per heavy atom. The van der Waals surface area contributed by atoms with Crippen molar-refractivity contribution in [1.29, 1.82) is 0 Å². The van der Waals surface area contributed by atoms with E-state index >= 15 is 0 Å². The smallest absolute Gasteiger partial charge is 0.339 e. The van der Waals surface area contributed by atoms with E-state index in [0.29, 0.717) is 0 Å². The highest BCUT2D eigenvalue weighted by Gasteiger charge is 2.50. The van der Waals surface area contributed by atoms with Gasteiger partial charge in [0, 0.05) is 0 Å². The maximum Gasteiger partial charge on any atom is 0.339 e. The van der Waals surface area contributed by atoms with E-state index < -0.39 is 53.6 Å². The molecule has 0 unspecified atom stereocenters. The van der Waals surface area contributed by atoms with Gasteiger partial charge in [-0.15, -0.1) is 0 Å². The Hall–Kier alpha value is -1.22. The Labute approximate surface area is 129 Å². The van der Waals surface area contributed by atoms with E-state index in [0.717, 1.165) is 0 Å². The van der Waals surface area contributed by atoms with Crippen LogP contribution in [0.3, 0.4) is 0 Å². The molecule has 0 spiro atoms. The maximum absolute atomic E-state index is 11.8. The molecule has 1 rings (SSSR count). The molecule has 0 amide bonds. The lowest BCUT2D eigenvalue weighted by atomic mass is 10.2. The summed E-state index contributed by atoms with van der Waals surface area (Å²) in [5, 5.41) is -1.79. The van der Waals surface area contributed by atoms with Crippen LogP contribution in [-0.4, -0.2) is 53.6 Å². The zero-order valence-corrected chi connectivity index (χ0v) is 12.6. The summed E-state index contributed by atoms with van der Waals surface area (Å²) in [7, 11) is 0. The van der Waals surface area contributed by atoms with Crippen molar-refractivity contribution < 1.29 is 38.1 Å². The van der Waals surface area contributed by atoms with Gasteiger partial charge in [0.1, 0.15) is 0 Å². The van der Waals surface area contributed by atoms with Crippen LogP contribution in [0, 0.1) is 0 Å². The molecule has 8 nitrogen and oxygen atoms in total. The number of halogens is 2. The summed E-state index contributed by atoms with van der Waals surface area (Å²) >= 11 is 10.1. The molecule has 0 N–H and O–H groups in total. The summed E-state index contributed by atoms with van der Waals surface area (Å²) in [6.07, 6.45) is -2.90. The number of hydrogen-bond acceptors (Lipinski definition) is 8. The molecule has 1 aliphatic rings. The second-order valence-corrected chi connectivity index (χ2v) is 5.25. The molecular weight excluding hydrogens is 331 g/mol. The lowest BCUT2D eigenvalue weighted by Crippen LogP contribution is -2.40. The molecule has 21 heavy (non-hydrogen) atoms. The maximum atomic E-state index is 11.8. The Morgan fingerprint density at radius 3 is 1.52 bits per heavy atom. The van der Waals surface area contributed by atoms with Crippen LogP contribution < -0.4 is 0 Å². The van der Waals surface area contributed by atoms with Gasteiger partial charge in [-0.25, -0.2) is 9.59 Å². The predicted octanol–water partition coefficient (Wildman–Crippen LogP) is 0.124. The van der Waals surface area contributed by atoms with Gasteiger partial charge in [0.25, 0.3) is 10.5 Å². The second-order valence-electron chi connectivity index (χ2n) is 4.40. The van der Waals surface area contributed by atoms with Crippen molar-refractivity contribution in [2.75, 3.05) is 13.2 Å². The van der Waals surface area contributed by atoms with E-state index in [4.69, 9.17) is 32.7 Å². The topological polar surface area (TPSA) is 105 Å². The SMILES string of the molecule is CC1(C)O[C@@H](C(=O)OCC(=O)Cl)[C@H](C(=O)OCC(=O)Cl)O1. The summed E-state index contributed by atoms with van der Waals surface area (Å²) < 4.78 is 19.5. The predicted molar refractivity (Wildman–Crippen MR) is 67.5 cm³/mol. The van der Waals surface area contributed by atoms with Crippen molar-refractivity contribution in [3.05, 3.63) is 0 Å². The first kappa shape index (κ1) is 17.8. The van der Waals surface area contributed by atoms with E-state index in [1.54, 1.807) is 0 Å². The number of esters is 2. The molecule has 1 saturated heterocycles. The minimum Gasteiger partial charge on any atom is -0.454 e. The van der Waals surface area contributed by atoms with Crippen LogP contribution in [0.2, 0.25) is 0 Å². The highest BCUT2D eigenvalue weighted by atomic mass is 35.5. The van der Waals surface area contributed by atoms with E-state index in [2.05, 4.69) is 9.47 Å². The Kier molecular flexibility index (Phi) is 6.09. The lowest BCUT2D eigenvalue weighted by Gasteiger charge is -2.15. The van der Waals surface area contributed by atoms with E-state index in [-0.39, 0.29) is 0 Å². The van der Waals surface area contributed by atoms with Crippen LogP contribution in [-0.2, 0) is 38.1 Å². The Morgan fingerprint density at radius 2 is 1.24 bits per heavy atom. The lowest BCUT2D eigenvalue weighted by molar-refractivity contribution is -0.173. The third-order valence-corrected chi connectivity index (χ3v) is 2.44. The van der Waals surface area contributed by atoms with Crippen molar-refractivity contribution >= 4 is 45.6 Å². The second kappa shape index (κ2) is 7.17. The van der Waals surface area contributed by atoms with Crippen molar-refractivity contribution in [3.63, 3.8) is 0 Å². The summed E-state index contributed by atoms with van der Waals surface area (Å²) in [5.74, 6) is -3.30. The first-order valence-corrected chi connectivity index (χ1v) is 6.43. The number of carbonyl (C=O) groups excluding carboxylic acids is 4. The number of carbonyl (C=O) groups is 4. The highest BCUT2D eigenvalue weighted by molar-refractivity contribution is 6.64. The van der Waals surface area contributed by atoms with Gasteiger partial charge in [-0.05, 0) is 37.0 Å². The molecule has 0 saturated carbocycles. The molecule has 0 aromatic carbocycles. The van der Waals surface area contributed by atoms with Crippen molar-refractivity contribution in [2.45, 2.75) is 31.8 Å². The highest BCUT2D eigenvalue weighted by Crippen LogP contribution is 2.29. The molecular formula is C11H12Cl2O8. The van der Waals surface area contributed by atoms with Gasteiger partial charge in [0.2, 0.25) is 0 Å². The third-order valence-electron chi connectivity index (χ3n) is 2.22. The fourth-order valence-electron chi connectivity index (χ4n) is 1.53. The van der Waals surface area contributed by atoms with Crippen LogP contribution >= 0.6 is 23.2 Å². The van der Waals surface area contributed by atoms with Crippen molar-refractivity contribution in [2.24, 2.45) is 0 Å². The summed E-state index contributed by atoms with van der Waals surface area (Å²) in [5.41, 5.74) is 0. The zero-order valence-electron chi connectivity index (χ0n) is 11.1. The molecule has 1 aliphatic heterocycles. The molecule has 0 aliphatic carbocycles. The van der Waals surface area contributed by atoms with Crippen LogP contribution in [0.5, 0.6) is 0 Å². The van der Waals surface area contributed by atoms with Crippen molar-refractivity contribution in [3.8, 4) is 0 Å². The first-order valence-electron chi connectivity index (χ1n) is 5.68. The molecule has 0 bridgehead atoms. The van der Waals surface area contributed by atoms with Gasteiger partial charge in [-0.1, -0.05) is 0 Å². The van der Waals surface area contributed by atoms with Gasteiger partial charge < -0.3 is 18.9 Å². The molecule has 118 valence electrons. The van der Waals surface area contributed by atoms with Gasteiger partial charge in [0.15, 0.2) is 31.2 Å². The van der Waals surface area contributed by atoms with Crippen LogP contribution in [0.15, 0.2) is 0 Å². The number of ether oxygens (including phenoxy) is 4. The summed E-state index contributed by atoms with van der Waals surface area (Å²) in [6.45, 7) is 1.56. The van der Waals surface area contributed by atoms with Gasteiger partial charge in [0.05, 0.1) is 0 Å². The monoisotopic (exact) mass is 342 g/mol. The average Bonchev–Trinajstić information content (AvgIpc) is 2.69. The van der Waals surface area contributed by atoms with E-state index in [9.17, 15) is 19.2 Å². The molecule has 2 atom stereocenters. The third kappa shape index (κ3) is 5.58. The fourth-order valence-corrected chi connectivity index (χ4v) is 1.64. The van der Waals surface area contributed by atoms with Crippen LogP contribution in [0.25, 0.3) is 0 Å². The van der Waals surface area contributed by atoms with E-state index in [1.165, 1.54) is 13.8 Å². The van der Waals surface area contributed by atoms with Gasteiger partial charge in [-0.2, -0.15) is 0 Å². The number of hydrogen-bond donors (Lipinski definition) is 0. The molecule has 0 aromatic heterocycles. The van der Waals surface area contributed by atoms with Gasteiger partial charge >= 0.3 is 11.9 Å². The van der Waals surface area contributed by atoms with Crippen LogP contribution in [0.4, 0.5) is 0 Å². The molecule has 1 fully saturated rings. The Bertz CT molecular complexity index is 421. The molecule has 10 heteroatoms. The average molecular weight is 343 g/mol. The van der Waals surface area contributed by atoms with Crippen LogP contribution in [0.1, 0.15) is 13.8 Å². The fraction of sp³-hybridized carbons (Fsp3) is 0.636. The minimum absolute atomic E-state index is 0.678. The summed E-state index contributed by atoms with van der Waals surface area (Å²) in [4.78, 5) is 44.6. The summed E-state index contributed by atoms with van der Waals surface area (Å²) in [6, 6.07) is 0. The largest absolute Gasteiger partial charge is 0.454 e. The molecule has 1 heterocycles. The number of rotatable bonds is 6. The van der Waals surface area contributed by atoms with E-state index in [1.807, 2.05) is 0 Å². The quantitative estimate of drug-likeness (QED) is 0.495. The first-order chi connectivity index (χ1) is 9.62. The standard InChI is InChI=1S/C11H12Cl2O8/c1-11(2)20-7(9(16)18-3-5(12)14)8(21-11)10(17)19-4-6(13)15/h7-8H,3-4H2,1-2H3/t7-,8-/m1/s1. The molecule has 0 aromatic rings. The zero-order chi connectivity index (χ0) is 16.2. The molecule has 0 radical (unpaired) electrons. The van der Waals surface area contributed by atoms with Gasteiger partial charge in [-0.3, -0.25) is 9.59 Å². The minimum atomic E-state index is -1.45.